The molecule has 0 aromatic heterocycles. The lowest BCUT2D eigenvalue weighted by atomic mass is 10.2. The quantitative estimate of drug-likeness (QED) is 0.858. The summed E-state index contributed by atoms with van der Waals surface area (Å²) in [5.41, 5.74) is 0. The fourth-order valence-corrected chi connectivity index (χ4v) is 4.40. The Kier molecular flexibility index (Phi) is 6.48. The number of hydrogen-bond donors (Lipinski definition) is 1. The normalized spacial score (nSPS) is 17.2. The van der Waals surface area contributed by atoms with Gasteiger partial charge in [-0.2, -0.15) is 4.72 Å². The molecule has 1 saturated heterocycles. The molecule has 1 heterocycles. The Hall–Kier alpha value is -1.31. The van der Waals surface area contributed by atoms with Gasteiger partial charge in [-0.05, 0) is 38.0 Å². The van der Waals surface area contributed by atoms with E-state index in [0.717, 1.165) is 25.7 Å². The predicted molar refractivity (Wildman–Crippen MR) is 92.8 cm³/mol. The molecule has 1 fully saturated rings. The standard InChI is InChI=1S/C16H23ClN2O4S/c1-12(16(20)19-9-5-3-4-6-10-19)18-24(21,22)15-11-13(17)7-8-14(15)23-2/h7-8,11-12,18H,3-6,9-10H2,1-2H3/t12-/m1/s1. The molecule has 0 unspecified atom stereocenters. The van der Waals surface area contributed by atoms with Crippen LogP contribution in [0.4, 0.5) is 0 Å². The molecule has 1 aliphatic rings. The Morgan fingerprint density at radius 1 is 1.25 bits per heavy atom. The van der Waals surface area contributed by atoms with Crippen LogP contribution < -0.4 is 9.46 Å². The SMILES string of the molecule is COc1ccc(Cl)cc1S(=O)(=O)N[C@H](C)C(=O)N1CCCCCC1. The van der Waals surface area contributed by atoms with Gasteiger partial charge in [-0.25, -0.2) is 8.42 Å². The Morgan fingerprint density at radius 2 is 1.88 bits per heavy atom. The van der Waals surface area contributed by atoms with Crippen LogP contribution in [-0.4, -0.2) is 45.5 Å². The molecule has 1 amide bonds. The number of methoxy groups -OCH3 is 1. The van der Waals surface area contributed by atoms with Crippen LogP contribution in [0.15, 0.2) is 23.1 Å². The average Bonchev–Trinajstić information content (AvgIpc) is 2.83. The van der Waals surface area contributed by atoms with Crippen molar-refractivity contribution in [2.75, 3.05) is 20.2 Å². The number of carbonyl (C=O) groups excluding carboxylic acids is 1. The van der Waals surface area contributed by atoms with Crippen LogP contribution in [0.5, 0.6) is 5.75 Å². The van der Waals surface area contributed by atoms with E-state index in [0.29, 0.717) is 13.1 Å². The largest absolute Gasteiger partial charge is 0.495 e. The second-order valence-corrected chi connectivity index (χ2v) is 8.00. The minimum atomic E-state index is -3.92. The Balaban J connectivity index is 2.16. The Bertz CT molecular complexity index is 685. The van der Waals surface area contributed by atoms with E-state index in [-0.39, 0.29) is 21.6 Å². The third-order valence-corrected chi connectivity index (χ3v) is 5.83. The van der Waals surface area contributed by atoms with Crippen molar-refractivity contribution < 1.29 is 17.9 Å². The van der Waals surface area contributed by atoms with E-state index in [1.54, 1.807) is 17.9 Å². The van der Waals surface area contributed by atoms with E-state index in [1.165, 1.54) is 19.2 Å². The molecule has 24 heavy (non-hydrogen) atoms. The molecule has 2 rings (SSSR count). The number of amides is 1. The minimum Gasteiger partial charge on any atom is -0.495 e. The fourth-order valence-electron chi connectivity index (χ4n) is 2.77. The lowest BCUT2D eigenvalue weighted by Gasteiger charge is -2.24. The molecule has 0 saturated carbocycles. The number of benzene rings is 1. The molecule has 1 N–H and O–H groups in total. The first kappa shape index (κ1) is 19.0. The van der Waals surface area contributed by atoms with E-state index in [9.17, 15) is 13.2 Å². The summed E-state index contributed by atoms with van der Waals surface area (Å²) in [5.74, 6) is -0.0252. The zero-order valence-corrected chi connectivity index (χ0v) is 15.5. The van der Waals surface area contributed by atoms with Gasteiger partial charge < -0.3 is 9.64 Å². The second-order valence-electron chi connectivity index (χ2n) is 5.88. The molecular weight excluding hydrogens is 352 g/mol. The molecule has 1 aromatic rings. The maximum atomic E-state index is 12.6. The number of nitrogens with zero attached hydrogens (tertiary/aromatic N) is 1. The van der Waals surface area contributed by atoms with Crippen molar-refractivity contribution in [3.8, 4) is 5.75 Å². The van der Waals surface area contributed by atoms with Gasteiger partial charge in [0.1, 0.15) is 10.6 Å². The van der Waals surface area contributed by atoms with E-state index >= 15 is 0 Å². The van der Waals surface area contributed by atoms with Gasteiger partial charge in [-0.3, -0.25) is 4.79 Å². The van der Waals surface area contributed by atoms with Gasteiger partial charge in [0.25, 0.3) is 0 Å². The monoisotopic (exact) mass is 374 g/mol. The zero-order chi connectivity index (χ0) is 17.7. The second kappa shape index (κ2) is 8.18. The molecule has 1 aliphatic heterocycles. The highest BCUT2D eigenvalue weighted by Gasteiger charge is 2.28. The van der Waals surface area contributed by atoms with Gasteiger partial charge in [0.05, 0.1) is 13.2 Å². The molecule has 0 aliphatic carbocycles. The van der Waals surface area contributed by atoms with Crippen molar-refractivity contribution in [1.82, 2.24) is 9.62 Å². The number of rotatable bonds is 5. The summed E-state index contributed by atoms with van der Waals surface area (Å²) in [6.45, 7) is 2.90. The first-order valence-corrected chi connectivity index (χ1v) is 9.86. The summed E-state index contributed by atoms with van der Waals surface area (Å²) in [6.07, 6.45) is 4.11. The minimum absolute atomic E-state index is 0.0759. The number of hydrogen-bond acceptors (Lipinski definition) is 4. The van der Waals surface area contributed by atoms with Crippen LogP contribution in [0.3, 0.4) is 0 Å². The number of sulfonamides is 1. The third kappa shape index (κ3) is 4.62. The fraction of sp³-hybridized carbons (Fsp3) is 0.562. The van der Waals surface area contributed by atoms with Crippen molar-refractivity contribution in [3.05, 3.63) is 23.2 Å². The van der Waals surface area contributed by atoms with Crippen molar-refractivity contribution >= 4 is 27.5 Å². The van der Waals surface area contributed by atoms with E-state index < -0.39 is 16.1 Å². The highest BCUT2D eigenvalue weighted by Crippen LogP contribution is 2.27. The van der Waals surface area contributed by atoms with Gasteiger partial charge in [0.15, 0.2) is 0 Å². The molecule has 0 bridgehead atoms. The zero-order valence-electron chi connectivity index (χ0n) is 13.9. The van der Waals surface area contributed by atoms with Crippen molar-refractivity contribution in [3.63, 3.8) is 0 Å². The molecule has 1 atom stereocenters. The van der Waals surface area contributed by atoms with Gasteiger partial charge >= 0.3 is 0 Å². The van der Waals surface area contributed by atoms with Crippen molar-refractivity contribution in [2.24, 2.45) is 0 Å². The van der Waals surface area contributed by atoms with Crippen LogP contribution in [-0.2, 0) is 14.8 Å². The van der Waals surface area contributed by atoms with E-state index in [1.807, 2.05) is 0 Å². The van der Waals surface area contributed by atoms with Crippen LogP contribution in [0.25, 0.3) is 0 Å². The topological polar surface area (TPSA) is 75.7 Å². The Morgan fingerprint density at radius 3 is 2.46 bits per heavy atom. The summed E-state index contributed by atoms with van der Waals surface area (Å²) < 4.78 is 32.7. The van der Waals surface area contributed by atoms with Gasteiger partial charge in [-0.1, -0.05) is 24.4 Å². The first-order chi connectivity index (χ1) is 11.3. The molecule has 134 valence electrons. The molecular formula is C16H23ClN2O4S. The molecule has 6 nitrogen and oxygen atoms in total. The Labute approximate surface area is 148 Å². The highest BCUT2D eigenvalue weighted by atomic mass is 35.5. The smallest absolute Gasteiger partial charge is 0.245 e. The van der Waals surface area contributed by atoms with E-state index in [2.05, 4.69) is 4.72 Å². The molecule has 0 spiro atoms. The summed E-state index contributed by atoms with van der Waals surface area (Å²) >= 11 is 5.90. The lowest BCUT2D eigenvalue weighted by molar-refractivity contribution is -0.132. The summed E-state index contributed by atoms with van der Waals surface area (Å²) in [5, 5.41) is 0.280. The maximum absolute atomic E-state index is 12.6. The summed E-state index contributed by atoms with van der Waals surface area (Å²) in [6, 6.07) is 3.49. The number of likely N-dealkylation sites (tertiary alicyclic amines) is 1. The lowest BCUT2D eigenvalue weighted by Crippen LogP contribution is -2.47. The third-order valence-electron chi connectivity index (χ3n) is 4.04. The van der Waals surface area contributed by atoms with Crippen LogP contribution in [0.2, 0.25) is 5.02 Å². The number of carbonyl (C=O) groups is 1. The van der Waals surface area contributed by atoms with Gasteiger partial charge in [0.2, 0.25) is 15.9 Å². The number of ether oxygens (including phenoxy) is 1. The first-order valence-electron chi connectivity index (χ1n) is 8.00. The van der Waals surface area contributed by atoms with E-state index in [4.69, 9.17) is 16.3 Å². The van der Waals surface area contributed by atoms with Crippen LogP contribution >= 0.6 is 11.6 Å². The maximum Gasteiger partial charge on any atom is 0.245 e. The summed E-state index contributed by atoms with van der Waals surface area (Å²) in [4.78, 5) is 14.2. The number of nitrogens with one attached hydrogen (secondary N) is 1. The molecule has 8 heteroatoms. The molecule has 1 aromatic carbocycles. The van der Waals surface area contributed by atoms with Gasteiger partial charge in [0, 0.05) is 18.1 Å². The average molecular weight is 375 g/mol. The van der Waals surface area contributed by atoms with Crippen LogP contribution in [0.1, 0.15) is 32.6 Å². The highest BCUT2D eigenvalue weighted by molar-refractivity contribution is 7.89. The van der Waals surface area contributed by atoms with Crippen LogP contribution in [0, 0.1) is 0 Å². The predicted octanol–water partition coefficient (Wildman–Crippen LogP) is 2.42. The van der Waals surface area contributed by atoms with Crippen molar-refractivity contribution in [2.45, 2.75) is 43.5 Å². The molecule has 0 radical (unpaired) electrons. The summed E-state index contributed by atoms with van der Waals surface area (Å²) in [7, 11) is -2.54. The van der Waals surface area contributed by atoms with Gasteiger partial charge in [-0.15, -0.1) is 0 Å². The number of halogens is 1. The van der Waals surface area contributed by atoms with Crippen molar-refractivity contribution in [1.29, 1.82) is 0 Å².